The molecule has 0 aromatic carbocycles. The highest BCUT2D eigenvalue weighted by Gasteiger charge is 2.20. The molecule has 2 atom stereocenters. The zero-order valence-electron chi connectivity index (χ0n) is 7.62. The van der Waals surface area contributed by atoms with Crippen molar-refractivity contribution in [1.82, 2.24) is 0 Å². The van der Waals surface area contributed by atoms with Crippen LogP contribution in [0.1, 0.15) is 27.2 Å². The van der Waals surface area contributed by atoms with Gasteiger partial charge in [0.2, 0.25) is 0 Å². The Morgan fingerprint density at radius 3 is 2.18 bits per heavy atom. The van der Waals surface area contributed by atoms with E-state index in [1.165, 1.54) is 0 Å². The number of rotatable bonds is 5. The van der Waals surface area contributed by atoms with Crippen molar-refractivity contribution in [1.29, 1.82) is 0 Å². The third-order valence-electron chi connectivity index (χ3n) is 1.98. The summed E-state index contributed by atoms with van der Waals surface area (Å²) >= 11 is 0. The van der Waals surface area contributed by atoms with E-state index in [-0.39, 0.29) is 12.5 Å². The lowest BCUT2D eigenvalue weighted by Gasteiger charge is -2.23. The van der Waals surface area contributed by atoms with Crippen LogP contribution in [0.5, 0.6) is 0 Å². The highest BCUT2D eigenvalue weighted by molar-refractivity contribution is 4.82. The van der Waals surface area contributed by atoms with E-state index in [0.717, 1.165) is 6.42 Å². The lowest BCUT2D eigenvalue weighted by Crippen LogP contribution is -2.28. The maximum absolute atomic E-state index is 9.46. The van der Waals surface area contributed by atoms with Crippen molar-refractivity contribution in [3.63, 3.8) is 0 Å². The van der Waals surface area contributed by atoms with Crippen LogP contribution in [-0.4, -0.2) is 22.9 Å². The first-order valence-electron chi connectivity index (χ1n) is 4.25. The Balaban J connectivity index is 3.81. The molecule has 0 heterocycles. The molecule has 2 nitrogen and oxygen atoms in total. The van der Waals surface area contributed by atoms with Gasteiger partial charge in [-0.2, -0.15) is 0 Å². The van der Waals surface area contributed by atoms with Crippen molar-refractivity contribution >= 4 is 0 Å². The zero-order chi connectivity index (χ0) is 8.85. The van der Waals surface area contributed by atoms with E-state index in [9.17, 15) is 5.11 Å². The molecule has 0 aliphatic carbocycles. The first-order chi connectivity index (χ1) is 5.13. The second kappa shape index (κ2) is 5.56. The molecule has 1 radical (unpaired) electrons. The highest BCUT2D eigenvalue weighted by atomic mass is 16.3. The number of aliphatic hydroxyl groups is 2. The molecule has 0 spiro atoms. The Hall–Kier alpha value is -0.0800. The van der Waals surface area contributed by atoms with E-state index in [1.807, 2.05) is 27.2 Å². The Kier molecular flexibility index (Phi) is 5.51. The van der Waals surface area contributed by atoms with Gasteiger partial charge in [0.05, 0.1) is 6.10 Å². The summed E-state index contributed by atoms with van der Waals surface area (Å²) in [7, 11) is 0. The third-order valence-corrected chi connectivity index (χ3v) is 1.98. The summed E-state index contributed by atoms with van der Waals surface area (Å²) in [6.45, 7) is 6.06. The van der Waals surface area contributed by atoms with Crippen molar-refractivity contribution in [2.45, 2.75) is 33.3 Å². The summed E-state index contributed by atoms with van der Waals surface area (Å²) < 4.78 is 0. The quantitative estimate of drug-likeness (QED) is 0.633. The minimum atomic E-state index is -0.454. The van der Waals surface area contributed by atoms with Crippen LogP contribution in [0.25, 0.3) is 0 Å². The van der Waals surface area contributed by atoms with Crippen molar-refractivity contribution in [2.75, 3.05) is 6.61 Å². The van der Waals surface area contributed by atoms with E-state index in [1.54, 1.807) is 0 Å². The lowest BCUT2D eigenvalue weighted by molar-refractivity contribution is 0.0607. The maximum Gasteiger partial charge on any atom is 0.0624 e. The Labute approximate surface area is 69.2 Å². The predicted octanol–water partition coefficient (Wildman–Crippen LogP) is 1.23. The second-order valence-corrected chi connectivity index (χ2v) is 3.22. The standard InChI is InChI=1S/C9H19O2/c1-4-5-9(11)8(6-10)7(2)3/h5,7-11H,4,6H2,1-3H3. The molecule has 0 aliphatic heterocycles. The molecule has 0 rings (SSSR count). The van der Waals surface area contributed by atoms with E-state index in [0.29, 0.717) is 5.92 Å². The van der Waals surface area contributed by atoms with Crippen molar-refractivity contribution in [3.8, 4) is 0 Å². The molecule has 0 aliphatic rings. The molecular weight excluding hydrogens is 140 g/mol. The Morgan fingerprint density at radius 2 is 1.91 bits per heavy atom. The van der Waals surface area contributed by atoms with Gasteiger partial charge >= 0.3 is 0 Å². The van der Waals surface area contributed by atoms with Crippen LogP contribution in [0.2, 0.25) is 0 Å². The molecule has 0 fully saturated rings. The van der Waals surface area contributed by atoms with Crippen LogP contribution in [0, 0.1) is 18.3 Å². The average Bonchev–Trinajstić information content (AvgIpc) is 1.88. The molecular formula is C9H19O2. The Morgan fingerprint density at radius 1 is 1.36 bits per heavy atom. The number of hydrogen-bond acceptors (Lipinski definition) is 2. The molecule has 2 heteroatoms. The van der Waals surface area contributed by atoms with Gasteiger partial charge in [0, 0.05) is 12.5 Å². The van der Waals surface area contributed by atoms with Gasteiger partial charge in [0.15, 0.2) is 0 Å². The summed E-state index contributed by atoms with van der Waals surface area (Å²) in [4.78, 5) is 0. The van der Waals surface area contributed by atoms with Crippen LogP contribution in [0.15, 0.2) is 0 Å². The summed E-state index contributed by atoms with van der Waals surface area (Å²) in [5.74, 6) is 0.327. The lowest BCUT2D eigenvalue weighted by atomic mass is 9.89. The fourth-order valence-electron chi connectivity index (χ4n) is 1.13. The summed E-state index contributed by atoms with van der Waals surface area (Å²) in [6.07, 6.45) is 2.23. The van der Waals surface area contributed by atoms with Crippen molar-refractivity contribution in [2.24, 2.45) is 11.8 Å². The molecule has 0 saturated carbocycles. The second-order valence-electron chi connectivity index (χ2n) is 3.22. The van der Waals surface area contributed by atoms with Crippen molar-refractivity contribution in [3.05, 3.63) is 6.42 Å². The van der Waals surface area contributed by atoms with Gasteiger partial charge in [-0.05, 0) is 12.3 Å². The van der Waals surface area contributed by atoms with Gasteiger partial charge in [-0.15, -0.1) is 0 Å². The number of aliphatic hydroxyl groups excluding tert-OH is 2. The maximum atomic E-state index is 9.46. The Bertz CT molecular complexity index is 91.6. The van der Waals surface area contributed by atoms with E-state index in [4.69, 9.17) is 5.11 Å². The minimum Gasteiger partial charge on any atom is -0.396 e. The van der Waals surface area contributed by atoms with E-state index >= 15 is 0 Å². The smallest absolute Gasteiger partial charge is 0.0624 e. The SMILES string of the molecule is CC[CH]C(O)C(CO)C(C)C. The topological polar surface area (TPSA) is 40.5 Å². The van der Waals surface area contributed by atoms with E-state index < -0.39 is 6.10 Å². The normalized spacial score (nSPS) is 16.9. The molecule has 0 amide bonds. The predicted molar refractivity (Wildman–Crippen MR) is 46.0 cm³/mol. The van der Waals surface area contributed by atoms with Gasteiger partial charge in [0.1, 0.15) is 0 Å². The van der Waals surface area contributed by atoms with Crippen molar-refractivity contribution < 1.29 is 10.2 Å². The zero-order valence-corrected chi connectivity index (χ0v) is 7.62. The van der Waals surface area contributed by atoms with Crippen LogP contribution in [0.4, 0.5) is 0 Å². The first kappa shape index (κ1) is 10.9. The fraction of sp³-hybridized carbons (Fsp3) is 0.889. The van der Waals surface area contributed by atoms with Gasteiger partial charge in [0.25, 0.3) is 0 Å². The molecule has 0 aromatic rings. The van der Waals surface area contributed by atoms with Crippen LogP contribution in [0.3, 0.4) is 0 Å². The van der Waals surface area contributed by atoms with Crippen LogP contribution in [-0.2, 0) is 0 Å². The largest absolute Gasteiger partial charge is 0.396 e. The molecule has 0 saturated heterocycles. The fourth-order valence-corrected chi connectivity index (χ4v) is 1.13. The average molecular weight is 159 g/mol. The molecule has 0 aromatic heterocycles. The first-order valence-corrected chi connectivity index (χ1v) is 4.25. The van der Waals surface area contributed by atoms with E-state index in [2.05, 4.69) is 0 Å². The minimum absolute atomic E-state index is 0.00468. The molecule has 11 heavy (non-hydrogen) atoms. The monoisotopic (exact) mass is 159 g/mol. The van der Waals surface area contributed by atoms with Gasteiger partial charge in [-0.1, -0.05) is 27.2 Å². The third kappa shape index (κ3) is 3.73. The summed E-state index contributed by atoms with van der Waals surface area (Å²) in [6, 6.07) is 0. The molecule has 2 unspecified atom stereocenters. The molecule has 67 valence electrons. The summed E-state index contributed by atoms with van der Waals surface area (Å²) in [5, 5.41) is 18.4. The molecule has 2 N–H and O–H groups in total. The van der Waals surface area contributed by atoms with Gasteiger partial charge in [-0.25, -0.2) is 0 Å². The summed E-state index contributed by atoms with van der Waals surface area (Å²) in [5.41, 5.74) is 0. The van der Waals surface area contributed by atoms with Gasteiger partial charge in [-0.3, -0.25) is 0 Å². The highest BCUT2D eigenvalue weighted by Crippen LogP contribution is 2.17. The van der Waals surface area contributed by atoms with Gasteiger partial charge < -0.3 is 10.2 Å². The molecule has 0 bridgehead atoms. The van der Waals surface area contributed by atoms with Crippen LogP contribution >= 0.6 is 0 Å². The van der Waals surface area contributed by atoms with Crippen LogP contribution < -0.4 is 0 Å². The number of hydrogen-bond donors (Lipinski definition) is 2.